The lowest BCUT2D eigenvalue weighted by Crippen LogP contribution is -2.51. The number of nitrogens with zero attached hydrogens (tertiary/aromatic N) is 2. The maximum atomic E-state index is 13.5. The fourth-order valence-electron chi connectivity index (χ4n) is 3.57. The van der Waals surface area contributed by atoms with E-state index in [1.807, 2.05) is 32.9 Å². The van der Waals surface area contributed by atoms with Crippen molar-refractivity contribution in [3.8, 4) is 0 Å². The molecule has 0 fully saturated rings. The van der Waals surface area contributed by atoms with Crippen molar-refractivity contribution >= 4 is 39.1 Å². The summed E-state index contributed by atoms with van der Waals surface area (Å²) in [5.74, 6) is -0.511. The lowest BCUT2D eigenvalue weighted by Gasteiger charge is -2.31. The van der Waals surface area contributed by atoms with Gasteiger partial charge in [0.05, 0.1) is 11.9 Å². The second-order valence-electron chi connectivity index (χ2n) is 8.95. The van der Waals surface area contributed by atoms with Crippen LogP contribution < -0.4 is 9.62 Å². The highest BCUT2D eigenvalue weighted by Crippen LogP contribution is 2.23. The zero-order valence-corrected chi connectivity index (χ0v) is 22.7. The molecular weight excluding hydrogens is 486 g/mol. The highest BCUT2D eigenvalue weighted by Gasteiger charge is 2.30. The summed E-state index contributed by atoms with van der Waals surface area (Å²) in [6.45, 7) is 7.90. The van der Waals surface area contributed by atoms with Crippen LogP contribution in [0.5, 0.6) is 0 Å². The Morgan fingerprint density at radius 1 is 1.03 bits per heavy atom. The Labute approximate surface area is 214 Å². The maximum Gasteiger partial charge on any atom is 0.244 e. The topological polar surface area (TPSA) is 86.8 Å². The Morgan fingerprint density at radius 2 is 1.66 bits per heavy atom. The first-order valence-corrected chi connectivity index (χ1v) is 14.1. The molecule has 0 heterocycles. The van der Waals surface area contributed by atoms with Gasteiger partial charge < -0.3 is 10.2 Å². The number of halogens is 1. The van der Waals surface area contributed by atoms with Crippen molar-refractivity contribution in [2.45, 2.75) is 59.0 Å². The normalized spacial score (nSPS) is 12.3. The van der Waals surface area contributed by atoms with Gasteiger partial charge in [-0.1, -0.05) is 69.1 Å². The van der Waals surface area contributed by atoms with Gasteiger partial charge in [-0.2, -0.15) is 0 Å². The second-order valence-corrected chi connectivity index (χ2v) is 11.3. The van der Waals surface area contributed by atoms with Crippen molar-refractivity contribution in [3.05, 3.63) is 64.7 Å². The molecule has 2 amide bonds. The van der Waals surface area contributed by atoms with Crippen LogP contribution in [0.3, 0.4) is 0 Å². The van der Waals surface area contributed by atoms with Gasteiger partial charge in [-0.3, -0.25) is 13.9 Å². The summed E-state index contributed by atoms with van der Waals surface area (Å²) in [6, 6.07) is 13.4. The predicted molar refractivity (Wildman–Crippen MR) is 142 cm³/mol. The third-order valence-electron chi connectivity index (χ3n) is 5.82. The van der Waals surface area contributed by atoms with E-state index in [0.717, 1.165) is 29.0 Å². The molecule has 0 spiro atoms. The number of amides is 2. The zero-order chi connectivity index (χ0) is 26.2. The molecule has 0 aliphatic heterocycles. The Hall–Kier alpha value is -2.58. The van der Waals surface area contributed by atoms with Gasteiger partial charge in [-0.15, -0.1) is 0 Å². The van der Waals surface area contributed by atoms with Crippen LogP contribution in [0.1, 0.15) is 57.6 Å². The highest BCUT2D eigenvalue weighted by molar-refractivity contribution is 7.92. The molecule has 2 aromatic rings. The standard InChI is InChI=1S/C26H36ClN3O4S/c1-6-7-16-28-26(32)20(4)29(17-22-10-8-9-11-24(22)27)25(31)18-30(35(5,33)34)23-14-12-21(13-15-23)19(2)3/h8-15,19-20H,6-7,16-18H2,1-5H3,(H,28,32)/t20-/m1/s1. The molecule has 1 N–H and O–H groups in total. The summed E-state index contributed by atoms with van der Waals surface area (Å²) in [7, 11) is -3.76. The second kappa shape index (κ2) is 12.9. The minimum Gasteiger partial charge on any atom is -0.354 e. The first-order valence-electron chi connectivity index (χ1n) is 11.8. The van der Waals surface area contributed by atoms with Crippen molar-refractivity contribution in [1.82, 2.24) is 10.2 Å². The first-order chi connectivity index (χ1) is 16.5. The molecule has 1 atom stereocenters. The molecule has 7 nitrogen and oxygen atoms in total. The largest absolute Gasteiger partial charge is 0.354 e. The summed E-state index contributed by atoms with van der Waals surface area (Å²) in [5.41, 5.74) is 2.12. The van der Waals surface area contributed by atoms with Crippen molar-refractivity contribution < 1.29 is 18.0 Å². The lowest BCUT2D eigenvalue weighted by molar-refractivity contribution is -0.139. The Balaban J connectivity index is 2.36. The fraction of sp³-hybridized carbons (Fsp3) is 0.462. The Kier molecular flexibility index (Phi) is 10.6. The van der Waals surface area contributed by atoms with Crippen LogP contribution in [0, 0.1) is 0 Å². The van der Waals surface area contributed by atoms with Crippen molar-refractivity contribution in [3.63, 3.8) is 0 Å². The van der Waals surface area contributed by atoms with E-state index in [0.29, 0.717) is 22.8 Å². The molecule has 0 saturated carbocycles. The maximum absolute atomic E-state index is 13.5. The van der Waals surface area contributed by atoms with Crippen LogP contribution in [0.15, 0.2) is 48.5 Å². The zero-order valence-electron chi connectivity index (χ0n) is 21.1. The van der Waals surface area contributed by atoms with Crippen LogP contribution in [0.2, 0.25) is 5.02 Å². The average Bonchev–Trinajstić information content (AvgIpc) is 2.81. The van der Waals surface area contributed by atoms with E-state index in [4.69, 9.17) is 11.6 Å². The molecule has 0 radical (unpaired) electrons. The minimum absolute atomic E-state index is 0.0742. The number of nitrogens with one attached hydrogen (secondary N) is 1. The van der Waals surface area contributed by atoms with E-state index in [2.05, 4.69) is 5.32 Å². The summed E-state index contributed by atoms with van der Waals surface area (Å²) in [6.07, 6.45) is 2.82. The van der Waals surface area contributed by atoms with Gasteiger partial charge in [0.1, 0.15) is 12.6 Å². The smallest absolute Gasteiger partial charge is 0.244 e. The summed E-state index contributed by atoms with van der Waals surface area (Å²) in [5, 5.41) is 3.32. The van der Waals surface area contributed by atoms with Crippen LogP contribution >= 0.6 is 11.6 Å². The van der Waals surface area contributed by atoms with Gasteiger partial charge in [-0.05, 0) is 48.6 Å². The Morgan fingerprint density at radius 3 is 2.20 bits per heavy atom. The molecule has 35 heavy (non-hydrogen) atoms. The van der Waals surface area contributed by atoms with Crippen LogP contribution in [-0.4, -0.2) is 50.5 Å². The number of benzene rings is 2. The van der Waals surface area contributed by atoms with Gasteiger partial charge in [0.25, 0.3) is 0 Å². The number of sulfonamides is 1. The third-order valence-corrected chi connectivity index (χ3v) is 7.33. The number of rotatable bonds is 12. The SMILES string of the molecule is CCCCNC(=O)[C@@H](C)N(Cc1ccccc1Cl)C(=O)CN(c1ccc(C(C)C)cc1)S(C)(=O)=O. The van der Waals surface area contributed by atoms with E-state index in [1.54, 1.807) is 43.3 Å². The fourth-order valence-corrected chi connectivity index (χ4v) is 4.61. The summed E-state index contributed by atoms with van der Waals surface area (Å²) >= 11 is 6.33. The molecule has 0 unspecified atom stereocenters. The van der Waals surface area contributed by atoms with Crippen molar-refractivity contribution in [2.75, 3.05) is 23.7 Å². The number of anilines is 1. The lowest BCUT2D eigenvalue weighted by atomic mass is 10.0. The minimum atomic E-state index is -3.76. The molecule has 0 aromatic heterocycles. The predicted octanol–water partition coefficient (Wildman–Crippen LogP) is 4.56. The van der Waals surface area contributed by atoms with Gasteiger partial charge in [0, 0.05) is 18.1 Å². The number of unbranched alkanes of at least 4 members (excludes halogenated alkanes) is 1. The quantitative estimate of drug-likeness (QED) is 0.415. The first kappa shape index (κ1) is 28.7. The van der Waals surface area contributed by atoms with Crippen molar-refractivity contribution in [1.29, 1.82) is 0 Å². The number of carbonyl (C=O) groups is 2. The molecule has 0 aliphatic rings. The molecule has 0 saturated heterocycles. The Bertz CT molecular complexity index is 1100. The number of carbonyl (C=O) groups excluding carboxylic acids is 2. The van der Waals surface area contributed by atoms with E-state index in [9.17, 15) is 18.0 Å². The van der Waals surface area contributed by atoms with E-state index >= 15 is 0 Å². The average molecular weight is 522 g/mol. The molecule has 192 valence electrons. The summed E-state index contributed by atoms with van der Waals surface area (Å²) < 4.78 is 26.4. The van der Waals surface area contributed by atoms with Crippen LogP contribution in [-0.2, 0) is 26.2 Å². The highest BCUT2D eigenvalue weighted by atomic mass is 35.5. The van der Waals surface area contributed by atoms with E-state index < -0.39 is 28.5 Å². The molecule has 0 bridgehead atoms. The van der Waals surface area contributed by atoms with Crippen LogP contribution in [0.4, 0.5) is 5.69 Å². The number of hydrogen-bond donors (Lipinski definition) is 1. The van der Waals surface area contributed by atoms with Gasteiger partial charge in [0.2, 0.25) is 21.8 Å². The van der Waals surface area contributed by atoms with E-state index in [-0.39, 0.29) is 18.4 Å². The van der Waals surface area contributed by atoms with Gasteiger partial charge >= 0.3 is 0 Å². The molecule has 2 aromatic carbocycles. The van der Waals surface area contributed by atoms with E-state index in [1.165, 1.54) is 4.90 Å². The molecular formula is C26H36ClN3O4S. The third kappa shape index (κ3) is 8.25. The van der Waals surface area contributed by atoms with Gasteiger partial charge in [0.15, 0.2) is 0 Å². The van der Waals surface area contributed by atoms with Crippen molar-refractivity contribution in [2.24, 2.45) is 0 Å². The van der Waals surface area contributed by atoms with Gasteiger partial charge in [-0.25, -0.2) is 8.42 Å². The molecule has 0 aliphatic carbocycles. The molecule has 9 heteroatoms. The number of hydrogen-bond acceptors (Lipinski definition) is 4. The molecule has 2 rings (SSSR count). The monoisotopic (exact) mass is 521 g/mol. The van der Waals surface area contributed by atoms with Crippen LogP contribution in [0.25, 0.3) is 0 Å². The summed E-state index contributed by atoms with van der Waals surface area (Å²) in [4.78, 5) is 27.7.